The van der Waals surface area contributed by atoms with Crippen molar-refractivity contribution in [3.8, 4) is 5.75 Å². The van der Waals surface area contributed by atoms with Crippen molar-refractivity contribution in [2.45, 2.75) is 32.7 Å². The maximum Gasteiger partial charge on any atom is 0.135 e. The molecule has 29 heavy (non-hydrogen) atoms. The molecule has 2 aliphatic rings. The summed E-state index contributed by atoms with van der Waals surface area (Å²) in [5.41, 5.74) is 2.68. The van der Waals surface area contributed by atoms with E-state index in [1.54, 1.807) is 7.11 Å². The van der Waals surface area contributed by atoms with E-state index in [4.69, 9.17) is 9.72 Å². The monoisotopic (exact) mass is 438 g/mol. The Morgan fingerprint density at radius 1 is 1.10 bits per heavy atom. The number of benzene rings is 1. The third-order valence-electron chi connectivity index (χ3n) is 6.13. The van der Waals surface area contributed by atoms with Crippen LogP contribution in [-0.2, 0) is 6.42 Å². The maximum atomic E-state index is 5.33. The predicted molar refractivity (Wildman–Crippen MR) is 123 cm³/mol. The molecule has 0 aliphatic carbocycles. The summed E-state index contributed by atoms with van der Waals surface area (Å²) < 4.78 is 5.33. The van der Waals surface area contributed by atoms with Gasteiger partial charge in [0.15, 0.2) is 0 Å². The van der Waals surface area contributed by atoms with Gasteiger partial charge in [-0.1, -0.05) is 25.5 Å². The summed E-state index contributed by atoms with van der Waals surface area (Å²) in [4.78, 5) is 14.3. The van der Waals surface area contributed by atoms with Crippen molar-refractivity contribution >= 4 is 30.6 Å². The topological polar surface area (TPSA) is 41.5 Å². The third kappa shape index (κ3) is 4.62. The molecule has 0 radical (unpaired) electrons. The molecule has 3 heterocycles. The molecule has 7 heteroatoms. The SMILES string of the molecule is CCCc1cnc(C)nc1N1C[C@@H]2CN(C)[C@@H](c3ccc(OC)cc3)[C@@H]2C1.Cl.Cl. The zero-order valence-corrected chi connectivity index (χ0v) is 19.3. The zero-order valence-electron chi connectivity index (χ0n) is 17.7. The number of ether oxygens (including phenoxy) is 1. The minimum Gasteiger partial charge on any atom is -0.497 e. The highest BCUT2D eigenvalue weighted by Gasteiger charge is 2.46. The van der Waals surface area contributed by atoms with Gasteiger partial charge < -0.3 is 9.64 Å². The van der Waals surface area contributed by atoms with Crippen molar-refractivity contribution in [3.05, 3.63) is 47.4 Å². The van der Waals surface area contributed by atoms with Crippen LogP contribution in [0.3, 0.4) is 0 Å². The molecule has 5 nitrogen and oxygen atoms in total. The van der Waals surface area contributed by atoms with E-state index >= 15 is 0 Å². The quantitative estimate of drug-likeness (QED) is 0.694. The second-order valence-corrected chi connectivity index (χ2v) is 8.00. The first-order valence-corrected chi connectivity index (χ1v) is 10.0. The molecule has 0 bridgehead atoms. The highest BCUT2D eigenvalue weighted by molar-refractivity contribution is 5.85. The average molecular weight is 439 g/mol. The van der Waals surface area contributed by atoms with Crippen molar-refractivity contribution in [2.24, 2.45) is 11.8 Å². The Morgan fingerprint density at radius 2 is 1.83 bits per heavy atom. The lowest BCUT2D eigenvalue weighted by Gasteiger charge is -2.28. The van der Waals surface area contributed by atoms with Gasteiger partial charge in [-0.2, -0.15) is 0 Å². The number of anilines is 1. The van der Waals surface area contributed by atoms with E-state index < -0.39 is 0 Å². The molecule has 0 amide bonds. The molecule has 0 saturated carbocycles. The van der Waals surface area contributed by atoms with E-state index in [9.17, 15) is 0 Å². The van der Waals surface area contributed by atoms with Gasteiger partial charge in [0, 0.05) is 43.4 Å². The van der Waals surface area contributed by atoms with Crippen LogP contribution in [-0.4, -0.2) is 48.7 Å². The number of nitrogens with zero attached hydrogens (tertiary/aromatic N) is 4. The highest BCUT2D eigenvalue weighted by Crippen LogP contribution is 2.45. The standard InChI is InChI=1S/C22H30N4O.2ClH/c1-5-6-17-11-23-15(2)24-22(17)26-13-18-12-25(3)21(20(18)14-26)16-7-9-19(27-4)10-8-16;;/h7-11,18,20-21H,5-6,12-14H2,1-4H3;2*1H/t18-,20+,21-;;/m0../s1. The van der Waals surface area contributed by atoms with Crippen molar-refractivity contribution in [1.82, 2.24) is 14.9 Å². The molecule has 0 unspecified atom stereocenters. The van der Waals surface area contributed by atoms with Crippen molar-refractivity contribution in [1.29, 1.82) is 0 Å². The van der Waals surface area contributed by atoms with Crippen LogP contribution < -0.4 is 9.64 Å². The fraction of sp³-hybridized carbons (Fsp3) is 0.545. The number of methoxy groups -OCH3 is 1. The van der Waals surface area contributed by atoms with Crippen molar-refractivity contribution in [3.63, 3.8) is 0 Å². The largest absolute Gasteiger partial charge is 0.497 e. The molecule has 2 aromatic rings. The molecule has 0 spiro atoms. The van der Waals surface area contributed by atoms with Gasteiger partial charge in [-0.15, -0.1) is 24.8 Å². The van der Waals surface area contributed by atoms with Gasteiger partial charge in [0.1, 0.15) is 17.4 Å². The molecule has 2 aliphatic heterocycles. The fourth-order valence-corrected chi connectivity index (χ4v) is 4.94. The van der Waals surface area contributed by atoms with E-state index in [0.29, 0.717) is 17.9 Å². The first-order valence-electron chi connectivity index (χ1n) is 10.0. The molecular weight excluding hydrogens is 407 g/mol. The average Bonchev–Trinajstić information content (AvgIpc) is 3.20. The molecule has 2 fully saturated rings. The Morgan fingerprint density at radius 3 is 2.48 bits per heavy atom. The normalized spacial score (nSPS) is 23.3. The molecule has 0 N–H and O–H groups in total. The van der Waals surface area contributed by atoms with Gasteiger partial charge >= 0.3 is 0 Å². The number of halogens is 2. The predicted octanol–water partition coefficient (Wildman–Crippen LogP) is 4.33. The lowest BCUT2D eigenvalue weighted by molar-refractivity contribution is 0.279. The van der Waals surface area contributed by atoms with Crippen molar-refractivity contribution < 1.29 is 4.74 Å². The summed E-state index contributed by atoms with van der Waals surface area (Å²) in [5, 5.41) is 0. The Kier molecular flexibility index (Phi) is 8.15. The van der Waals surface area contributed by atoms with Crippen LogP contribution in [0.25, 0.3) is 0 Å². The number of aryl methyl sites for hydroxylation is 2. The van der Waals surface area contributed by atoms with Crippen LogP contribution in [0.5, 0.6) is 5.75 Å². The lowest BCUT2D eigenvalue weighted by Crippen LogP contribution is -2.30. The summed E-state index contributed by atoms with van der Waals surface area (Å²) in [6.07, 6.45) is 4.20. The summed E-state index contributed by atoms with van der Waals surface area (Å²) in [6.45, 7) is 7.51. The van der Waals surface area contributed by atoms with Gasteiger partial charge in [-0.25, -0.2) is 9.97 Å². The molecular formula is C22H32Cl2N4O. The summed E-state index contributed by atoms with van der Waals surface area (Å²) in [5.74, 6) is 4.27. The smallest absolute Gasteiger partial charge is 0.135 e. The Bertz CT molecular complexity index is 802. The molecule has 1 aromatic heterocycles. The highest BCUT2D eigenvalue weighted by atomic mass is 35.5. The second-order valence-electron chi connectivity index (χ2n) is 8.00. The van der Waals surface area contributed by atoms with Crippen LogP contribution in [0.4, 0.5) is 5.82 Å². The van der Waals surface area contributed by atoms with Crippen LogP contribution in [0.2, 0.25) is 0 Å². The number of rotatable bonds is 5. The first kappa shape index (κ1) is 23.7. The second kappa shape index (κ2) is 9.96. The molecule has 2 saturated heterocycles. The van der Waals surface area contributed by atoms with E-state index in [1.165, 1.54) is 11.1 Å². The lowest BCUT2D eigenvalue weighted by atomic mass is 9.89. The summed E-state index contributed by atoms with van der Waals surface area (Å²) in [7, 11) is 3.98. The van der Waals surface area contributed by atoms with E-state index in [0.717, 1.165) is 49.9 Å². The first-order chi connectivity index (χ1) is 13.1. The number of aromatic nitrogens is 2. The molecule has 1 aromatic carbocycles. The van der Waals surface area contributed by atoms with Crippen LogP contribution in [0.15, 0.2) is 30.5 Å². The minimum atomic E-state index is 0. The molecule has 3 atom stereocenters. The third-order valence-corrected chi connectivity index (χ3v) is 6.13. The van der Waals surface area contributed by atoms with Gasteiger partial charge in [0.25, 0.3) is 0 Å². The summed E-state index contributed by atoms with van der Waals surface area (Å²) >= 11 is 0. The van der Waals surface area contributed by atoms with Crippen LogP contribution in [0, 0.1) is 18.8 Å². The Balaban J connectivity index is 0.00000150. The number of hydrogen-bond donors (Lipinski definition) is 0. The molecule has 160 valence electrons. The van der Waals surface area contributed by atoms with Gasteiger partial charge in [0.2, 0.25) is 0 Å². The fourth-order valence-electron chi connectivity index (χ4n) is 4.94. The summed E-state index contributed by atoms with van der Waals surface area (Å²) in [6, 6.07) is 9.07. The molecule has 4 rings (SSSR count). The number of likely N-dealkylation sites (tertiary alicyclic amines) is 1. The van der Waals surface area contributed by atoms with E-state index in [1.807, 2.05) is 13.1 Å². The van der Waals surface area contributed by atoms with Gasteiger partial charge in [-0.05, 0) is 44.0 Å². The van der Waals surface area contributed by atoms with Gasteiger partial charge in [0.05, 0.1) is 7.11 Å². The Hall–Kier alpha value is -1.56. The minimum absolute atomic E-state index is 0. The van der Waals surface area contributed by atoms with E-state index in [-0.39, 0.29) is 24.8 Å². The van der Waals surface area contributed by atoms with Gasteiger partial charge in [-0.3, -0.25) is 4.90 Å². The van der Waals surface area contributed by atoms with E-state index in [2.05, 4.69) is 53.0 Å². The van der Waals surface area contributed by atoms with Crippen molar-refractivity contribution in [2.75, 3.05) is 38.7 Å². The number of fused-ring (bicyclic) bond motifs is 1. The number of hydrogen-bond acceptors (Lipinski definition) is 5. The zero-order chi connectivity index (χ0) is 19.0. The van der Waals surface area contributed by atoms with Crippen LogP contribution >= 0.6 is 24.8 Å². The maximum absolute atomic E-state index is 5.33. The van der Waals surface area contributed by atoms with Crippen LogP contribution in [0.1, 0.15) is 36.3 Å². The Labute approximate surface area is 186 Å².